The summed E-state index contributed by atoms with van der Waals surface area (Å²) < 4.78 is 9.01. The third-order valence-corrected chi connectivity index (χ3v) is 8.49. The number of hydrogen-bond donors (Lipinski definition) is 0. The molecule has 5 aromatic carbocycles. The Bertz CT molecular complexity index is 2190. The summed E-state index contributed by atoms with van der Waals surface area (Å²) >= 11 is 0. The van der Waals surface area contributed by atoms with Gasteiger partial charge in [-0.05, 0) is 46.5 Å². The lowest BCUT2D eigenvalue weighted by molar-refractivity contribution is 0.666. The third-order valence-electron chi connectivity index (χ3n) is 8.49. The van der Waals surface area contributed by atoms with E-state index in [1.807, 2.05) is 0 Å². The summed E-state index contributed by atoms with van der Waals surface area (Å²) in [6.45, 7) is 4.76. The van der Waals surface area contributed by atoms with Crippen LogP contribution < -0.4 is 0 Å². The molecule has 0 bridgehead atoms. The number of rotatable bonds is 0. The molecular weight excluding hydrogens is 426 g/mol. The van der Waals surface area contributed by atoms with Crippen molar-refractivity contribution < 1.29 is 4.42 Å². The van der Waals surface area contributed by atoms with Crippen LogP contribution in [0.25, 0.3) is 71.2 Å². The monoisotopic (exact) mass is 447 g/mol. The summed E-state index contributed by atoms with van der Waals surface area (Å²) in [5.41, 5.74) is 11.2. The minimum atomic E-state index is -0.0726. The number of hydrogen-bond acceptors (Lipinski definition) is 1. The second-order valence-electron chi connectivity index (χ2n) is 10.5. The number of aromatic nitrogens is 1. The van der Waals surface area contributed by atoms with Crippen LogP contribution in [0.4, 0.5) is 0 Å². The van der Waals surface area contributed by atoms with Gasteiger partial charge in [-0.3, -0.25) is 0 Å². The number of nitrogens with zero attached hydrogens (tertiary/aromatic N) is 1. The summed E-state index contributed by atoms with van der Waals surface area (Å²) in [4.78, 5) is 0. The fourth-order valence-corrected chi connectivity index (χ4v) is 7.09. The molecule has 0 saturated carbocycles. The zero-order valence-electron chi connectivity index (χ0n) is 19.5. The lowest BCUT2D eigenvalue weighted by Gasteiger charge is -2.22. The van der Waals surface area contributed by atoms with Crippen molar-refractivity contribution in [2.24, 2.45) is 0 Å². The van der Waals surface area contributed by atoms with E-state index in [-0.39, 0.29) is 5.41 Å². The summed E-state index contributed by atoms with van der Waals surface area (Å²) in [6, 6.07) is 33.2. The van der Waals surface area contributed by atoms with Crippen LogP contribution in [0.3, 0.4) is 0 Å². The van der Waals surface area contributed by atoms with Crippen LogP contribution in [0.15, 0.2) is 95.4 Å². The van der Waals surface area contributed by atoms with Gasteiger partial charge < -0.3 is 8.82 Å². The standard InChI is InChI=1S/C33H21NO/c1-33(2)24-12-6-3-9-18(24)20-15-16-26-28(30(20)33)23-17-22-19-10-5-8-14-27(19)35-32(22)29-21-11-4-7-13-25(21)34(26)31(23)29/h3-17H,1-2H3. The average Bonchev–Trinajstić information content (AvgIpc) is 3.58. The predicted molar refractivity (Wildman–Crippen MR) is 146 cm³/mol. The quantitative estimate of drug-likeness (QED) is 0.227. The molecule has 3 aromatic heterocycles. The van der Waals surface area contributed by atoms with Crippen LogP contribution in [0.2, 0.25) is 0 Å². The van der Waals surface area contributed by atoms with E-state index in [4.69, 9.17) is 4.42 Å². The number of fused-ring (bicyclic) bond motifs is 14. The van der Waals surface area contributed by atoms with E-state index in [1.165, 1.54) is 71.1 Å². The van der Waals surface area contributed by atoms with Gasteiger partial charge in [0.15, 0.2) is 0 Å². The minimum Gasteiger partial charge on any atom is -0.455 e. The highest BCUT2D eigenvalue weighted by Crippen LogP contribution is 2.54. The first kappa shape index (κ1) is 18.1. The molecule has 0 unspecified atom stereocenters. The fourth-order valence-electron chi connectivity index (χ4n) is 7.09. The highest BCUT2D eigenvalue weighted by atomic mass is 16.3. The van der Waals surface area contributed by atoms with Gasteiger partial charge in [-0.1, -0.05) is 80.6 Å². The van der Waals surface area contributed by atoms with Crippen molar-refractivity contribution in [3.8, 4) is 11.1 Å². The molecule has 8 aromatic rings. The molecule has 2 heteroatoms. The van der Waals surface area contributed by atoms with E-state index >= 15 is 0 Å². The van der Waals surface area contributed by atoms with Gasteiger partial charge in [0.1, 0.15) is 11.2 Å². The van der Waals surface area contributed by atoms with Crippen LogP contribution in [0.5, 0.6) is 0 Å². The van der Waals surface area contributed by atoms with Crippen LogP contribution in [-0.4, -0.2) is 4.40 Å². The lowest BCUT2D eigenvalue weighted by Crippen LogP contribution is -2.15. The smallest absolute Gasteiger partial charge is 0.145 e. The molecule has 1 aliphatic carbocycles. The normalized spacial score (nSPS) is 14.8. The Morgan fingerprint density at radius 1 is 0.629 bits per heavy atom. The molecule has 164 valence electrons. The fraction of sp³-hybridized carbons (Fsp3) is 0.0909. The second kappa shape index (κ2) is 5.67. The Morgan fingerprint density at radius 3 is 2.31 bits per heavy atom. The Morgan fingerprint density at radius 2 is 1.40 bits per heavy atom. The van der Waals surface area contributed by atoms with Crippen molar-refractivity contribution in [2.45, 2.75) is 19.3 Å². The van der Waals surface area contributed by atoms with Gasteiger partial charge in [-0.15, -0.1) is 0 Å². The molecule has 0 fully saturated rings. The highest BCUT2D eigenvalue weighted by molar-refractivity contribution is 6.33. The van der Waals surface area contributed by atoms with E-state index < -0.39 is 0 Å². The number of furan rings is 1. The largest absolute Gasteiger partial charge is 0.455 e. The van der Waals surface area contributed by atoms with Crippen molar-refractivity contribution in [1.29, 1.82) is 0 Å². The van der Waals surface area contributed by atoms with E-state index in [1.54, 1.807) is 0 Å². The highest BCUT2D eigenvalue weighted by Gasteiger charge is 2.38. The van der Waals surface area contributed by atoms with Crippen LogP contribution in [0, 0.1) is 0 Å². The maximum absolute atomic E-state index is 6.54. The van der Waals surface area contributed by atoms with Crippen molar-refractivity contribution in [3.63, 3.8) is 0 Å². The van der Waals surface area contributed by atoms with Gasteiger partial charge in [0, 0.05) is 32.3 Å². The van der Waals surface area contributed by atoms with E-state index in [9.17, 15) is 0 Å². The lowest BCUT2D eigenvalue weighted by atomic mass is 9.80. The zero-order valence-corrected chi connectivity index (χ0v) is 19.5. The first-order valence-corrected chi connectivity index (χ1v) is 12.3. The topological polar surface area (TPSA) is 17.6 Å². The molecule has 9 rings (SSSR count). The Balaban J connectivity index is 1.62. The van der Waals surface area contributed by atoms with Gasteiger partial charge in [0.25, 0.3) is 0 Å². The zero-order chi connectivity index (χ0) is 23.1. The molecule has 0 radical (unpaired) electrons. The second-order valence-corrected chi connectivity index (χ2v) is 10.5. The third kappa shape index (κ3) is 1.89. The summed E-state index contributed by atoms with van der Waals surface area (Å²) in [5, 5.41) is 7.56. The van der Waals surface area contributed by atoms with Crippen LogP contribution >= 0.6 is 0 Å². The summed E-state index contributed by atoms with van der Waals surface area (Å²) in [7, 11) is 0. The van der Waals surface area contributed by atoms with Gasteiger partial charge >= 0.3 is 0 Å². The van der Waals surface area contributed by atoms with Crippen molar-refractivity contribution in [1.82, 2.24) is 4.40 Å². The maximum atomic E-state index is 6.54. The summed E-state index contributed by atoms with van der Waals surface area (Å²) in [5.74, 6) is 0. The minimum absolute atomic E-state index is 0.0726. The van der Waals surface area contributed by atoms with E-state index in [0.717, 1.165) is 11.2 Å². The Labute approximate surface area is 201 Å². The van der Waals surface area contributed by atoms with Crippen LogP contribution in [0.1, 0.15) is 25.0 Å². The first-order valence-electron chi connectivity index (χ1n) is 12.3. The molecule has 0 saturated heterocycles. The SMILES string of the molecule is CC1(C)c2ccccc2-c2ccc3c(c21)c1cc2c4ccccc4oc2c2c4ccccc4n3c12. The molecule has 3 heterocycles. The predicted octanol–water partition coefficient (Wildman–Crippen LogP) is 9.04. The molecule has 2 nitrogen and oxygen atoms in total. The average molecular weight is 448 g/mol. The molecule has 0 spiro atoms. The van der Waals surface area contributed by atoms with Crippen LogP contribution in [-0.2, 0) is 5.41 Å². The number of para-hydroxylation sites is 2. The van der Waals surface area contributed by atoms with Gasteiger partial charge in [-0.2, -0.15) is 0 Å². The molecule has 1 aliphatic rings. The molecule has 0 amide bonds. The first-order chi connectivity index (χ1) is 17.1. The molecule has 0 N–H and O–H groups in total. The van der Waals surface area contributed by atoms with E-state index in [2.05, 4.69) is 109 Å². The number of benzene rings is 5. The summed E-state index contributed by atoms with van der Waals surface area (Å²) in [6.07, 6.45) is 0. The molecule has 35 heavy (non-hydrogen) atoms. The van der Waals surface area contributed by atoms with Crippen molar-refractivity contribution in [2.75, 3.05) is 0 Å². The maximum Gasteiger partial charge on any atom is 0.145 e. The van der Waals surface area contributed by atoms with Gasteiger partial charge in [0.05, 0.1) is 21.9 Å². The van der Waals surface area contributed by atoms with Crippen molar-refractivity contribution in [3.05, 3.63) is 102 Å². The Kier molecular flexibility index (Phi) is 2.93. The van der Waals surface area contributed by atoms with E-state index in [0.29, 0.717) is 0 Å². The molecule has 0 atom stereocenters. The molecular formula is C33H21NO. The molecule has 0 aliphatic heterocycles. The van der Waals surface area contributed by atoms with Gasteiger partial charge in [0.2, 0.25) is 0 Å². The van der Waals surface area contributed by atoms with Gasteiger partial charge in [-0.25, -0.2) is 0 Å². The Hall–Kier alpha value is -4.30. The van der Waals surface area contributed by atoms with Crippen molar-refractivity contribution >= 4 is 60.0 Å².